The van der Waals surface area contributed by atoms with E-state index in [0.29, 0.717) is 12.5 Å². The predicted octanol–water partition coefficient (Wildman–Crippen LogP) is 3.38. The van der Waals surface area contributed by atoms with Gasteiger partial charge in [-0.15, -0.1) is 0 Å². The number of hydrogen-bond acceptors (Lipinski definition) is 2. The molecule has 0 amide bonds. The van der Waals surface area contributed by atoms with Gasteiger partial charge in [0.1, 0.15) is 0 Å². The quantitative estimate of drug-likeness (QED) is 0.824. The molecule has 2 nitrogen and oxygen atoms in total. The zero-order valence-electron chi connectivity index (χ0n) is 11.4. The first-order valence-electron chi connectivity index (χ1n) is 6.99. The topological polar surface area (TPSA) is 29.1 Å². The van der Waals surface area contributed by atoms with E-state index in [1.54, 1.807) is 0 Å². The fraction of sp³-hybridized carbons (Fsp3) is 0.562. The van der Waals surface area contributed by atoms with Crippen molar-refractivity contribution < 1.29 is 4.79 Å². The second-order valence-electron chi connectivity index (χ2n) is 5.50. The molecule has 1 N–H and O–H groups in total. The predicted molar refractivity (Wildman–Crippen MR) is 75.1 cm³/mol. The summed E-state index contributed by atoms with van der Waals surface area (Å²) in [7, 11) is 1.82. The lowest BCUT2D eigenvalue weighted by Crippen LogP contribution is -2.21. The zero-order chi connectivity index (χ0) is 13.0. The highest BCUT2D eigenvalue weighted by molar-refractivity contribution is 5.99. The van der Waals surface area contributed by atoms with Gasteiger partial charge in [0.25, 0.3) is 0 Å². The molecule has 1 aliphatic carbocycles. The normalized spacial score (nSPS) is 23.9. The van der Waals surface area contributed by atoms with Crippen LogP contribution in [0, 0.1) is 5.92 Å². The Balaban J connectivity index is 2.19. The highest BCUT2D eigenvalue weighted by Crippen LogP contribution is 2.36. The van der Waals surface area contributed by atoms with Crippen LogP contribution in [0.4, 0.5) is 0 Å². The van der Waals surface area contributed by atoms with Crippen molar-refractivity contribution in [3.05, 3.63) is 35.4 Å². The monoisotopic (exact) mass is 245 g/mol. The van der Waals surface area contributed by atoms with Crippen LogP contribution in [-0.2, 0) is 0 Å². The smallest absolute Gasteiger partial charge is 0.176 e. The number of Topliss-reactive ketones (excluding diaryl/α,β-unsaturated/α-hetero) is 1. The van der Waals surface area contributed by atoms with Crippen LogP contribution in [0.15, 0.2) is 24.3 Å². The zero-order valence-corrected chi connectivity index (χ0v) is 11.4. The van der Waals surface area contributed by atoms with Gasteiger partial charge in [0.2, 0.25) is 0 Å². The Morgan fingerprint density at radius 1 is 1.22 bits per heavy atom. The average molecular weight is 245 g/mol. The van der Waals surface area contributed by atoms with Gasteiger partial charge in [0.05, 0.1) is 6.54 Å². The second kappa shape index (κ2) is 6.14. The Bertz CT molecular complexity index is 405. The van der Waals surface area contributed by atoms with Crippen LogP contribution < -0.4 is 5.32 Å². The maximum Gasteiger partial charge on any atom is 0.176 e. The molecule has 2 heteroatoms. The lowest BCUT2D eigenvalue weighted by molar-refractivity contribution is 0.0992. The lowest BCUT2D eigenvalue weighted by Gasteiger charge is -2.27. The van der Waals surface area contributed by atoms with Gasteiger partial charge in [-0.1, -0.05) is 44.0 Å². The molecule has 2 rings (SSSR count). The number of ketones is 1. The molecule has 98 valence electrons. The largest absolute Gasteiger partial charge is 0.313 e. The maximum atomic E-state index is 12.1. The molecule has 0 unspecified atom stereocenters. The van der Waals surface area contributed by atoms with E-state index in [1.165, 1.54) is 31.2 Å². The van der Waals surface area contributed by atoms with Gasteiger partial charge in [-0.3, -0.25) is 4.79 Å². The van der Waals surface area contributed by atoms with Crippen LogP contribution in [0.2, 0.25) is 0 Å². The Morgan fingerprint density at radius 3 is 2.56 bits per heavy atom. The van der Waals surface area contributed by atoms with Crippen LogP contribution in [0.3, 0.4) is 0 Å². The Morgan fingerprint density at radius 2 is 1.89 bits per heavy atom. The fourth-order valence-corrected chi connectivity index (χ4v) is 2.93. The third-order valence-electron chi connectivity index (χ3n) is 4.05. The van der Waals surface area contributed by atoms with Crippen molar-refractivity contribution in [2.75, 3.05) is 13.6 Å². The van der Waals surface area contributed by atoms with Crippen LogP contribution in [0.25, 0.3) is 0 Å². The maximum absolute atomic E-state index is 12.1. The summed E-state index contributed by atoms with van der Waals surface area (Å²) in [6.07, 6.45) is 5.04. The molecule has 1 saturated carbocycles. The summed E-state index contributed by atoms with van der Waals surface area (Å²) in [6.45, 7) is 2.76. The first-order chi connectivity index (χ1) is 8.72. The first-order valence-corrected chi connectivity index (χ1v) is 6.99. The molecular formula is C16H23NO. The minimum atomic E-state index is 0.215. The summed E-state index contributed by atoms with van der Waals surface area (Å²) in [4.78, 5) is 12.1. The number of benzene rings is 1. The van der Waals surface area contributed by atoms with Crippen LogP contribution in [0.1, 0.15) is 54.4 Å². The number of carbonyl (C=O) groups is 1. The summed E-state index contributed by atoms with van der Waals surface area (Å²) in [5, 5.41) is 2.95. The molecule has 1 aromatic carbocycles. The van der Waals surface area contributed by atoms with Gasteiger partial charge in [-0.05, 0) is 37.3 Å². The minimum absolute atomic E-state index is 0.215. The standard InChI is InChI=1S/C16H23NO/c1-12-7-9-13(10-8-12)14-5-3-4-6-15(14)16(18)11-17-2/h3-6,12-13,17H,7-11H2,1-2H3. The van der Waals surface area contributed by atoms with E-state index in [2.05, 4.69) is 24.4 Å². The molecule has 1 aromatic rings. The van der Waals surface area contributed by atoms with Crippen molar-refractivity contribution in [2.24, 2.45) is 5.92 Å². The number of carbonyl (C=O) groups excluding carboxylic acids is 1. The molecule has 0 aromatic heterocycles. The van der Waals surface area contributed by atoms with Gasteiger partial charge >= 0.3 is 0 Å². The van der Waals surface area contributed by atoms with Crippen LogP contribution >= 0.6 is 0 Å². The Hall–Kier alpha value is -1.15. The summed E-state index contributed by atoms with van der Waals surface area (Å²) in [5.41, 5.74) is 2.19. The highest BCUT2D eigenvalue weighted by atomic mass is 16.1. The SMILES string of the molecule is CNCC(=O)c1ccccc1C1CCC(C)CC1. The molecule has 0 atom stereocenters. The molecule has 0 radical (unpaired) electrons. The number of hydrogen-bond donors (Lipinski definition) is 1. The summed E-state index contributed by atoms with van der Waals surface area (Å²) in [5.74, 6) is 1.64. The molecule has 0 bridgehead atoms. The van der Waals surface area contributed by atoms with E-state index >= 15 is 0 Å². The van der Waals surface area contributed by atoms with Crippen molar-refractivity contribution in [2.45, 2.75) is 38.5 Å². The molecule has 0 heterocycles. The third-order valence-corrected chi connectivity index (χ3v) is 4.05. The molecule has 1 fully saturated rings. The fourth-order valence-electron chi connectivity index (χ4n) is 2.93. The van der Waals surface area contributed by atoms with E-state index < -0.39 is 0 Å². The second-order valence-corrected chi connectivity index (χ2v) is 5.50. The van der Waals surface area contributed by atoms with Crippen molar-refractivity contribution >= 4 is 5.78 Å². The first kappa shape index (κ1) is 13.3. The van der Waals surface area contributed by atoms with Gasteiger partial charge in [-0.2, -0.15) is 0 Å². The van der Waals surface area contributed by atoms with E-state index in [9.17, 15) is 4.79 Å². The molecule has 0 saturated heterocycles. The van der Waals surface area contributed by atoms with Gasteiger partial charge in [-0.25, -0.2) is 0 Å². The van der Waals surface area contributed by atoms with Crippen LogP contribution in [-0.4, -0.2) is 19.4 Å². The van der Waals surface area contributed by atoms with Crippen molar-refractivity contribution in [1.29, 1.82) is 0 Å². The molecular weight excluding hydrogens is 222 g/mol. The van der Waals surface area contributed by atoms with Gasteiger partial charge in [0.15, 0.2) is 5.78 Å². The van der Waals surface area contributed by atoms with Crippen molar-refractivity contribution in [3.63, 3.8) is 0 Å². The van der Waals surface area contributed by atoms with Crippen molar-refractivity contribution in [1.82, 2.24) is 5.32 Å². The Kier molecular flexibility index (Phi) is 4.54. The van der Waals surface area contributed by atoms with E-state index in [0.717, 1.165) is 11.5 Å². The highest BCUT2D eigenvalue weighted by Gasteiger charge is 2.23. The number of likely N-dealkylation sites (N-methyl/N-ethyl adjacent to an activating group) is 1. The average Bonchev–Trinajstić information content (AvgIpc) is 2.40. The van der Waals surface area contributed by atoms with Gasteiger partial charge in [0, 0.05) is 5.56 Å². The molecule has 18 heavy (non-hydrogen) atoms. The third kappa shape index (κ3) is 2.99. The van der Waals surface area contributed by atoms with E-state index in [4.69, 9.17) is 0 Å². The van der Waals surface area contributed by atoms with E-state index in [1.807, 2.05) is 19.2 Å². The number of rotatable bonds is 4. The summed E-state index contributed by atoms with van der Waals surface area (Å²) < 4.78 is 0. The molecule has 0 spiro atoms. The van der Waals surface area contributed by atoms with E-state index in [-0.39, 0.29) is 5.78 Å². The number of nitrogens with one attached hydrogen (secondary N) is 1. The molecule has 1 aliphatic rings. The van der Waals surface area contributed by atoms with Crippen LogP contribution in [0.5, 0.6) is 0 Å². The Labute approximate surface area is 110 Å². The van der Waals surface area contributed by atoms with Gasteiger partial charge < -0.3 is 5.32 Å². The summed E-state index contributed by atoms with van der Waals surface area (Å²) in [6, 6.07) is 8.15. The minimum Gasteiger partial charge on any atom is -0.313 e. The molecule has 0 aliphatic heterocycles. The van der Waals surface area contributed by atoms with Crippen molar-refractivity contribution in [3.8, 4) is 0 Å². The summed E-state index contributed by atoms with van der Waals surface area (Å²) >= 11 is 0. The lowest BCUT2D eigenvalue weighted by atomic mass is 9.77.